The quantitative estimate of drug-likeness (QED) is 0.526. The van der Waals surface area contributed by atoms with Crippen LogP contribution in [0.25, 0.3) is 0 Å². The highest BCUT2D eigenvalue weighted by molar-refractivity contribution is 6.31. The standard InChI is InChI=1S/C21H25ClN4O3/c1-13(2)11-24-21(29)16-6-4-5-7-17(16)26-20(28)12-23-19-10-15(22)8-9-18(19)25-14(3)27/h4-10,13,23H,11-12H2,1-3H3,(H,24,29)(H,25,27)(H,26,28). The van der Waals surface area contributed by atoms with E-state index in [4.69, 9.17) is 11.6 Å². The summed E-state index contributed by atoms with van der Waals surface area (Å²) in [5, 5.41) is 11.7. The van der Waals surface area contributed by atoms with Crippen molar-refractivity contribution >= 4 is 46.4 Å². The molecule has 8 heteroatoms. The van der Waals surface area contributed by atoms with Crippen molar-refractivity contribution < 1.29 is 14.4 Å². The van der Waals surface area contributed by atoms with Crippen LogP contribution in [0, 0.1) is 5.92 Å². The molecule has 0 unspecified atom stereocenters. The normalized spacial score (nSPS) is 10.4. The third-order valence-corrected chi connectivity index (χ3v) is 4.08. The second kappa shape index (κ2) is 10.5. The van der Waals surface area contributed by atoms with Gasteiger partial charge in [0.2, 0.25) is 11.8 Å². The molecule has 0 bridgehead atoms. The molecular formula is C21H25ClN4O3. The zero-order chi connectivity index (χ0) is 21.4. The van der Waals surface area contributed by atoms with Crippen molar-refractivity contribution in [3.63, 3.8) is 0 Å². The summed E-state index contributed by atoms with van der Waals surface area (Å²) in [5.41, 5.74) is 1.85. The van der Waals surface area contributed by atoms with Crippen LogP contribution in [0.5, 0.6) is 0 Å². The van der Waals surface area contributed by atoms with Crippen LogP contribution in [0.1, 0.15) is 31.1 Å². The van der Waals surface area contributed by atoms with Gasteiger partial charge >= 0.3 is 0 Å². The Morgan fingerprint density at radius 2 is 1.69 bits per heavy atom. The van der Waals surface area contributed by atoms with Crippen LogP contribution in [0.3, 0.4) is 0 Å². The van der Waals surface area contributed by atoms with E-state index in [1.165, 1.54) is 6.92 Å². The van der Waals surface area contributed by atoms with Crippen molar-refractivity contribution in [3.8, 4) is 0 Å². The van der Waals surface area contributed by atoms with Gasteiger partial charge in [0.1, 0.15) is 0 Å². The average molecular weight is 417 g/mol. The number of carbonyl (C=O) groups excluding carboxylic acids is 3. The number of nitrogens with one attached hydrogen (secondary N) is 4. The maximum absolute atomic E-state index is 12.4. The van der Waals surface area contributed by atoms with E-state index >= 15 is 0 Å². The van der Waals surface area contributed by atoms with E-state index in [2.05, 4.69) is 21.3 Å². The molecule has 29 heavy (non-hydrogen) atoms. The Balaban J connectivity index is 2.05. The van der Waals surface area contributed by atoms with Gasteiger partial charge in [-0.15, -0.1) is 0 Å². The lowest BCUT2D eigenvalue weighted by molar-refractivity contribution is -0.115. The van der Waals surface area contributed by atoms with Gasteiger partial charge in [-0.25, -0.2) is 0 Å². The summed E-state index contributed by atoms with van der Waals surface area (Å²) in [6.07, 6.45) is 0. The van der Waals surface area contributed by atoms with Crippen LogP contribution in [-0.2, 0) is 9.59 Å². The lowest BCUT2D eigenvalue weighted by atomic mass is 10.1. The molecule has 2 rings (SSSR count). The first-order valence-corrected chi connectivity index (χ1v) is 9.62. The SMILES string of the molecule is CC(=O)Nc1ccc(Cl)cc1NCC(=O)Nc1ccccc1C(=O)NCC(C)C. The van der Waals surface area contributed by atoms with E-state index in [1.807, 2.05) is 13.8 Å². The van der Waals surface area contributed by atoms with Crippen LogP contribution in [0.4, 0.5) is 17.1 Å². The second-order valence-electron chi connectivity index (χ2n) is 6.92. The maximum atomic E-state index is 12.4. The molecule has 0 saturated carbocycles. The number of rotatable bonds is 8. The van der Waals surface area contributed by atoms with Crippen LogP contribution in [-0.4, -0.2) is 30.8 Å². The highest BCUT2D eigenvalue weighted by Crippen LogP contribution is 2.25. The van der Waals surface area contributed by atoms with Crippen LogP contribution in [0.2, 0.25) is 5.02 Å². The summed E-state index contributed by atoms with van der Waals surface area (Å²) in [5.74, 6) is -0.505. The maximum Gasteiger partial charge on any atom is 0.253 e. The Kier molecular flexibility index (Phi) is 8.03. The number of para-hydroxylation sites is 1. The molecule has 0 aliphatic rings. The van der Waals surface area contributed by atoms with Gasteiger partial charge in [0.25, 0.3) is 5.91 Å². The zero-order valence-electron chi connectivity index (χ0n) is 16.6. The fourth-order valence-electron chi connectivity index (χ4n) is 2.51. The van der Waals surface area contributed by atoms with E-state index in [-0.39, 0.29) is 24.3 Å². The molecule has 0 radical (unpaired) electrons. The summed E-state index contributed by atoms with van der Waals surface area (Å²) in [6, 6.07) is 11.7. The Morgan fingerprint density at radius 1 is 0.966 bits per heavy atom. The molecule has 2 aromatic rings. The number of carbonyl (C=O) groups is 3. The average Bonchev–Trinajstić information content (AvgIpc) is 2.66. The van der Waals surface area contributed by atoms with E-state index < -0.39 is 0 Å². The van der Waals surface area contributed by atoms with Crippen molar-refractivity contribution in [1.82, 2.24) is 5.32 Å². The van der Waals surface area contributed by atoms with Gasteiger partial charge in [-0.3, -0.25) is 14.4 Å². The van der Waals surface area contributed by atoms with Gasteiger partial charge in [-0.2, -0.15) is 0 Å². The topological polar surface area (TPSA) is 99.3 Å². The summed E-state index contributed by atoms with van der Waals surface area (Å²) in [7, 11) is 0. The molecule has 2 aromatic carbocycles. The predicted molar refractivity (Wildman–Crippen MR) is 116 cm³/mol. The summed E-state index contributed by atoms with van der Waals surface area (Å²) in [4.78, 5) is 36.1. The fourth-order valence-corrected chi connectivity index (χ4v) is 2.69. The molecule has 0 aliphatic heterocycles. The lowest BCUT2D eigenvalue weighted by Crippen LogP contribution is -2.29. The molecule has 0 atom stereocenters. The van der Waals surface area contributed by atoms with Crippen molar-refractivity contribution in [2.75, 3.05) is 29.0 Å². The minimum atomic E-state index is -0.345. The van der Waals surface area contributed by atoms with Gasteiger partial charge in [0, 0.05) is 18.5 Å². The number of benzene rings is 2. The number of halogens is 1. The molecule has 0 spiro atoms. The minimum absolute atomic E-state index is 0.0745. The third-order valence-electron chi connectivity index (χ3n) is 3.85. The second-order valence-corrected chi connectivity index (χ2v) is 7.36. The first kappa shape index (κ1) is 22.2. The first-order valence-electron chi connectivity index (χ1n) is 9.24. The van der Waals surface area contributed by atoms with Crippen LogP contribution < -0.4 is 21.3 Å². The minimum Gasteiger partial charge on any atom is -0.374 e. The Bertz CT molecular complexity index is 899. The number of anilines is 3. The van der Waals surface area contributed by atoms with Crippen molar-refractivity contribution in [2.24, 2.45) is 5.92 Å². The molecule has 0 aliphatic carbocycles. The molecule has 0 fully saturated rings. The molecule has 4 N–H and O–H groups in total. The van der Waals surface area contributed by atoms with Gasteiger partial charge in [-0.05, 0) is 36.2 Å². The van der Waals surface area contributed by atoms with Crippen LogP contribution in [0.15, 0.2) is 42.5 Å². The monoisotopic (exact) mass is 416 g/mol. The van der Waals surface area contributed by atoms with E-state index in [0.29, 0.717) is 40.1 Å². The van der Waals surface area contributed by atoms with E-state index in [1.54, 1.807) is 42.5 Å². The van der Waals surface area contributed by atoms with Crippen molar-refractivity contribution in [1.29, 1.82) is 0 Å². The highest BCUT2D eigenvalue weighted by Gasteiger charge is 2.14. The Hall–Kier alpha value is -3.06. The molecule has 0 saturated heterocycles. The van der Waals surface area contributed by atoms with E-state index in [0.717, 1.165) is 0 Å². The van der Waals surface area contributed by atoms with Crippen molar-refractivity contribution in [2.45, 2.75) is 20.8 Å². The Morgan fingerprint density at radius 3 is 2.38 bits per heavy atom. The van der Waals surface area contributed by atoms with Crippen molar-refractivity contribution in [3.05, 3.63) is 53.1 Å². The number of hydrogen-bond acceptors (Lipinski definition) is 4. The molecule has 0 aromatic heterocycles. The van der Waals surface area contributed by atoms with Crippen LogP contribution >= 0.6 is 11.6 Å². The van der Waals surface area contributed by atoms with Gasteiger partial charge in [-0.1, -0.05) is 37.6 Å². The molecule has 0 heterocycles. The first-order chi connectivity index (χ1) is 13.8. The lowest BCUT2D eigenvalue weighted by Gasteiger charge is -2.14. The molecule has 154 valence electrons. The largest absolute Gasteiger partial charge is 0.374 e. The summed E-state index contributed by atoms with van der Waals surface area (Å²) < 4.78 is 0. The third kappa shape index (κ3) is 7.12. The van der Waals surface area contributed by atoms with Gasteiger partial charge in [0.15, 0.2) is 0 Å². The predicted octanol–water partition coefficient (Wildman–Crippen LogP) is 3.73. The van der Waals surface area contributed by atoms with Gasteiger partial charge < -0.3 is 21.3 Å². The zero-order valence-corrected chi connectivity index (χ0v) is 17.4. The molecule has 7 nitrogen and oxygen atoms in total. The number of hydrogen-bond donors (Lipinski definition) is 4. The fraction of sp³-hybridized carbons (Fsp3) is 0.286. The summed E-state index contributed by atoms with van der Waals surface area (Å²) >= 11 is 6.01. The van der Waals surface area contributed by atoms with E-state index in [9.17, 15) is 14.4 Å². The summed E-state index contributed by atoms with van der Waals surface area (Å²) in [6.45, 7) is 5.87. The molecule has 3 amide bonds. The molecular weight excluding hydrogens is 392 g/mol. The number of amides is 3. The highest BCUT2D eigenvalue weighted by atomic mass is 35.5. The smallest absolute Gasteiger partial charge is 0.253 e. The van der Waals surface area contributed by atoms with Gasteiger partial charge in [0.05, 0.1) is 29.2 Å². The Labute approximate surface area is 175 Å².